The Labute approximate surface area is 94.4 Å². The quantitative estimate of drug-likeness (QED) is 0.773. The van der Waals surface area contributed by atoms with Crippen molar-refractivity contribution in [1.29, 1.82) is 0 Å². The zero-order valence-corrected chi connectivity index (χ0v) is 9.60. The van der Waals surface area contributed by atoms with Crippen molar-refractivity contribution in [2.24, 2.45) is 11.8 Å². The number of carboxylic acids is 1. The van der Waals surface area contributed by atoms with Gasteiger partial charge < -0.3 is 5.11 Å². The molecule has 1 aliphatic rings. The van der Waals surface area contributed by atoms with Gasteiger partial charge in [-0.2, -0.15) is 0 Å². The molecule has 1 fully saturated rings. The third-order valence-electron chi connectivity index (χ3n) is 3.08. The number of carbonyl (C=O) groups is 3. The molecule has 0 saturated carbocycles. The number of hydrogen-bond acceptors (Lipinski definition) is 3. The number of imide groups is 1. The molecular formula is C11H17NO4. The highest BCUT2D eigenvalue weighted by Crippen LogP contribution is 2.22. The number of hydrogen-bond donors (Lipinski definition) is 1. The third-order valence-corrected chi connectivity index (χ3v) is 3.08. The molecule has 0 aliphatic carbocycles. The van der Waals surface area contributed by atoms with Gasteiger partial charge in [-0.3, -0.25) is 19.3 Å². The maximum absolute atomic E-state index is 11.9. The molecule has 16 heavy (non-hydrogen) atoms. The van der Waals surface area contributed by atoms with Gasteiger partial charge in [-0.05, 0) is 12.8 Å². The summed E-state index contributed by atoms with van der Waals surface area (Å²) in [6.45, 7) is 3.81. The van der Waals surface area contributed by atoms with E-state index in [-0.39, 0.29) is 30.7 Å². The summed E-state index contributed by atoms with van der Waals surface area (Å²) < 4.78 is 0. The van der Waals surface area contributed by atoms with Crippen LogP contribution in [0.4, 0.5) is 0 Å². The van der Waals surface area contributed by atoms with Crippen molar-refractivity contribution >= 4 is 17.8 Å². The molecule has 1 N–H and O–H groups in total. The third kappa shape index (κ3) is 2.40. The number of rotatable bonds is 4. The fraction of sp³-hybridized carbons (Fsp3) is 0.727. The summed E-state index contributed by atoms with van der Waals surface area (Å²) in [4.78, 5) is 35.2. The molecule has 1 rings (SSSR count). The standard InChI is InChI=1S/C11H17NO4/c1-3-7(4-2)10(14)12-6-8(11(15)16)5-9(12)13/h7-8H,3-6H2,1-2H3,(H,15,16). The van der Waals surface area contributed by atoms with E-state index >= 15 is 0 Å². The van der Waals surface area contributed by atoms with Crippen LogP contribution in [0, 0.1) is 11.8 Å². The normalized spacial score (nSPS) is 20.6. The van der Waals surface area contributed by atoms with E-state index in [9.17, 15) is 14.4 Å². The van der Waals surface area contributed by atoms with Crippen molar-refractivity contribution in [3.63, 3.8) is 0 Å². The number of nitrogens with zero attached hydrogens (tertiary/aromatic N) is 1. The fourth-order valence-electron chi connectivity index (χ4n) is 1.94. The van der Waals surface area contributed by atoms with Crippen LogP contribution in [0.1, 0.15) is 33.1 Å². The summed E-state index contributed by atoms with van der Waals surface area (Å²) in [5.41, 5.74) is 0. The van der Waals surface area contributed by atoms with Crippen LogP contribution in [0.5, 0.6) is 0 Å². The Bertz CT molecular complexity index is 309. The maximum Gasteiger partial charge on any atom is 0.308 e. The van der Waals surface area contributed by atoms with E-state index < -0.39 is 11.9 Å². The number of carbonyl (C=O) groups excluding carboxylic acids is 2. The Balaban J connectivity index is 2.71. The summed E-state index contributed by atoms with van der Waals surface area (Å²) in [6.07, 6.45) is 1.30. The average Bonchev–Trinajstić information content (AvgIpc) is 2.62. The molecular weight excluding hydrogens is 210 g/mol. The van der Waals surface area contributed by atoms with Gasteiger partial charge in [0.2, 0.25) is 11.8 Å². The molecule has 5 heteroatoms. The van der Waals surface area contributed by atoms with Crippen LogP contribution >= 0.6 is 0 Å². The molecule has 1 unspecified atom stereocenters. The first-order valence-electron chi connectivity index (χ1n) is 5.58. The highest BCUT2D eigenvalue weighted by Gasteiger charge is 2.39. The molecule has 0 aromatic carbocycles. The van der Waals surface area contributed by atoms with E-state index in [0.717, 1.165) is 4.90 Å². The molecule has 2 amide bonds. The van der Waals surface area contributed by atoms with E-state index in [1.165, 1.54) is 0 Å². The lowest BCUT2D eigenvalue weighted by Crippen LogP contribution is -2.37. The van der Waals surface area contributed by atoms with Crippen molar-refractivity contribution in [3.05, 3.63) is 0 Å². The van der Waals surface area contributed by atoms with Gasteiger partial charge in [-0.1, -0.05) is 13.8 Å². The summed E-state index contributed by atoms with van der Waals surface area (Å²) in [7, 11) is 0. The predicted octanol–water partition coefficient (Wildman–Crippen LogP) is 0.882. The molecule has 0 bridgehead atoms. The van der Waals surface area contributed by atoms with Crippen LogP contribution in [0.3, 0.4) is 0 Å². The Morgan fingerprint density at radius 3 is 2.38 bits per heavy atom. The minimum Gasteiger partial charge on any atom is -0.481 e. The van der Waals surface area contributed by atoms with Crippen molar-refractivity contribution < 1.29 is 19.5 Å². The number of amides is 2. The Morgan fingerprint density at radius 2 is 2.00 bits per heavy atom. The monoisotopic (exact) mass is 227 g/mol. The van der Waals surface area contributed by atoms with Gasteiger partial charge in [-0.25, -0.2) is 0 Å². The van der Waals surface area contributed by atoms with Gasteiger partial charge in [0, 0.05) is 18.9 Å². The molecule has 1 saturated heterocycles. The molecule has 1 aliphatic heterocycles. The minimum absolute atomic E-state index is 0.0312. The second kappa shape index (κ2) is 5.09. The first kappa shape index (κ1) is 12.7. The molecule has 1 atom stereocenters. The molecule has 0 spiro atoms. The van der Waals surface area contributed by atoms with Crippen molar-refractivity contribution in [3.8, 4) is 0 Å². The second-order valence-electron chi connectivity index (χ2n) is 4.10. The van der Waals surface area contributed by atoms with Gasteiger partial charge in [-0.15, -0.1) is 0 Å². The van der Waals surface area contributed by atoms with Crippen LogP contribution in [0.25, 0.3) is 0 Å². The maximum atomic E-state index is 11.9. The number of carboxylic acid groups (broad SMARTS) is 1. The first-order valence-corrected chi connectivity index (χ1v) is 5.58. The van der Waals surface area contributed by atoms with E-state index in [1.54, 1.807) is 0 Å². The highest BCUT2D eigenvalue weighted by atomic mass is 16.4. The van der Waals surface area contributed by atoms with Crippen molar-refractivity contribution in [2.45, 2.75) is 33.1 Å². The van der Waals surface area contributed by atoms with Crippen LogP contribution < -0.4 is 0 Å². The average molecular weight is 227 g/mol. The first-order chi connectivity index (χ1) is 7.51. The van der Waals surface area contributed by atoms with Gasteiger partial charge in [0.1, 0.15) is 0 Å². The number of aliphatic carboxylic acids is 1. The van der Waals surface area contributed by atoms with Crippen LogP contribution in [-0.4, -0.2) is 34.3 Å². The molecule has 0 aromatic rings. The van der Waals surface area contributed by atoms with Gasteiger partial charge in [0.05, 0.1) is 5.92 Å². The molecule has 0 aromatic heterocycles. The lowest BCUT2D eigenvalue weighted by Gasteiger charge is -2.19. The Kier molecular flexibility index (Phi) is 4.04. The van der Waals surface area contributed by atoms with Crippen molar-refractivity contribution in [2.75, 3.05) is 6.54 Å². The lowest BCUT2D eigenvalue weighted by molar-refractivity contribution is -0.144. The minimum atomic E-state index is -1.01. The molecule has 1 heterocycles. The highest BCUT2D eigenvalue weighted by molar-refractivity contribution is 6.00. The predicted molar refractivity (Wildman–Crippen MR) is 56.5 cm³/mol. The fourth-order valence-corrected chi connectivity index (χ4v) is 1.94. The van der Waals surface area contributed by atoms with E-state index in [2.05, 4.69) is 0 Å². The zero-order chi connectivity index (χ0) is 12.3. The van der Waals surface area contributed by atoms with Crippen LogP contribution in [-0.2, 0) is 14.4 Å². The van der Waals surface area contributed by atoms with E-state index in [4.69, 9.17) is 5.11 Å². The van der Waals surface area contributed by atoms with Crippen LogP contribution in [0.15, 0.2) is 0 Å². The summed E-state index contributed by atoms with van der Waals surface area (Å²) >= 11 is 0. The molecule has 5 nitrogen and oxygen atoms in total. The zero-order valence-electron chi connectivity index (χ0n) is 9.60. The molecule has 90 valence electrons. The topological polar surface area (TPSA) is 74.7 Å². The van der Waals surface area contributed by atoms with Crippen LogP contribution in [0.2, 0.25) is 0 Å². The summed E-state index contributed by atoms with van der Waals surface area (Å²) in [5, 5.41) is 8.79. The van der Waals surface area contributed by atoms with Crippen molar-refractivity contribution in [1.82, 2.24) is 4.90 Å². The Morgan fingerprint density at radius 1 is 1.44 bits per heavy atom. The number of likely N-dealkylation sites (tertiary alicyclic amines) is 1. The smallest absolute Gasteiger partial charge is 0.308 e. The van der Waals surface area contributed by atoms with Gasteiger partial charge in [0.25, 0.3) is 0 Å². The van der Waals surface area contributed by atoms with E-state index in [0.29, 0.717) is 12.8 Å². The largest absolute Gasteiger partial charge is 0.481 e. The Hall–Kier alpha value is -1.39. The second-order valence-corrected chi connectivity index (χ2v) is 4.10. The summed E-state index contributed by atoms with van der Waals surface area (Å²) in [5.74, 6) is -2.49. The van der Waals surface area contributed by atoms with Gasteiger partial charge >= 0.3 is 5.97 Å². The lowest BCUT2D eigenvalue weighted by atomic mass is 10.0. The van der Waals surface area contributed by atoms with Gasteiger partial charge in [0.15, 0.2) is 0 Å². The molecule has 0 radical (unpaired) electrons. The van der Waals surface area contributed by atoms with E-state index in [1.807, 2.05) is 13.8 Å². The summed E-state index contributed by atoms with van der Waals surface area (Å²) in [6, 6.07) is 0. The SMILES string of the molecule is CCC(CC)C(=O)N1CC(C(=O)O)CC1=O.